The summed E-state index contributed by atoms with van der Waals surface area (Å²) in [7, 11) is -4.29. The third-order valence-electron chi connectivity index (χ3n) is 5.35. The molecule has 1 aromatic carbocycles. The molecule has 2 aromatic rings. The van der Waals surface area contributed by atoms with Gasteiger partial charge in [-0.25, -0.2) is 13.8 Å². The Morgan fingerprint density at radius 3 is 2.67 bits per heavy atom. The number of rotatable bonds is 11. The van der Waals surface area contributed by atoms with Crippen molar-refractivity contribution in [3.8, 4) is 5.75 Å². The number of esters is 1. The Balaban J connectivity index is 1.78. The number of nitrogens with one attached hydrogen (secondary N) is 2. The molecule has 0 bridgehead atoms. The number of hydrogen-bond acceptors (Lipinski definition) is 9. The number of nitrogens with zero attached hydrogens (tertiary/aromatic N) is 1. The molecule has 3 N–H and O–H groups in total. The first-order valence-electron chi connectivity index (χ1n) is 11.2. The third-order valence-corrected chi connectivity index (χ3v) is 7.00. The number of aromatic amines is 1. The molecule has 1 aliphatic heterocycles. The zero-order valence-corrected chi connectivity index (χ0v) is 20.9. The van der Waals surface area contributed by atoms with Crippen molar-refractivity contribution in [2.24, 2.45) is 0 Å². The van der Waals surface area contributed by atoms with Crippen molar-refractivity contribution in [1.82, 2.24) is 14.6 Å². The van der Waals surface area contributed by atoms with Crippen molar-refractivity contribution in [3.63, 3.8) is 0 Å². The molecule has 1 saturated heterocycles. The molecule has 0 spiro atoms. The van der Waals surface area contributed by atoms with E-state index in [0.717, 1.165) is 23.8 Å². The van der Waals surface area contributed by atoms with Crippen LogP contribution >= 0.6 is 7.75 Å². The minimum Gasteiger partial charge on any atom is -0.465 e. The second kappa shape index (κ2) is 11.5. The summed E-state index contributed by atoms with van der Waals surface area (Å²) in [6.07, 6.45) is -3.19. The van der Waals surface area contributed by atoms with Gasteiger partial charge >= 0.3 is 19.4 Å². The number of hydrogen-bond donors (Lipinski definition) is 3. The topological polar surface area (TPSA) is 158 Å². The molecule has 198 valence electrons. The lowest BCUT2D eigenvalue weighted by Crippen LogP contribution is -2.43. The monoisotopic (exact) mass is 529 g/mol. The van der Waals surface area contributed by atoms with Crippen molar-refractivity contribution in [2.75, 3.05) is 13.2 Å². The summed E-state index contributed by atoms with van der Waals surface area (Å²) in [5.41, 5.74) is -4.11. The number of aromatic nitrogens is 2. The summed E-state index contributed by atoms with van der Waals surface area (Å²) < 4.78 is 51.3. The smallest absolute Gasteiger partial charge is 0.459 e. The van der Waals surface area contributed by atoms with Crippen molar-refractivity contribution in [3.05, 3.63) is 63.4 Å². The van der Waals surface area contributed by atoms with Gasteiger partial charge in [0.15, 0.2) is 11.9 Å². The maximum absolute atomic E-state index is 15.4. The fourth-order valence-electron chi connectivity index (χ4n) is 3.46. The van der Waals surface area contributed by atoms with Crippen LogP contribution in [0, 0.1) is 0 Å². The number of para-hydroxylation sites is 1. The molecule has 1 aliphatic rings. The molecule has 0 aliphatic carbocycles. The summed E-state index contributed by atoms with van der Waals surface area (Å²) in [6.45, 7) is 3.77. The van der Waals surface area contributed by atoms with Gasteiger partial charge in [-0.1, -0.05) is 25.1 Å². The van der Waals surface area contributed by atoms with Crippen molar-refractivity contribution in [1.29, 1.82) is 0 Å². The Kier molecular flexibility index (Phi) is 8.85. The molecule has 12 nitrogen and oxygen atoms in total. The quantitative estimate of drug-likeness (QED) is 0.289. The highest BCUT2D eigenvalue weighted by Crippen LogP contribution is 2.47. The molecule has 2 heterocycles. The minimum atomic E-state index is -4.29. The van der Waals surface area contributed by atoms with E-state index in [1.54, 1.807) is 18.2 Å². The average Bonchev–Trinajstić information content (AvgIpc) is 3.05. The molecular weight excluding hydrogens is 500 g/mol. The summed E-state index contributed by atoms with van der Waals surface area (Å²) in [5, 5.41) is 13.0. The predicted octanol–water partition coefficient (Wildman–Crippen LogP) is 1.66. The Labute approximate surface area is 205 Å². The first kappa shape index (κ1) is 27.8. The fraction of sp³-hybridized carbons (Fsp3) is 0.500. The van der Waals surface area contributed by atoms with Gasteiger partial charge in [-0.3, -0.25) is 23.7 Å². The van der Waals surface area contributed by atoms with E-state index in [2.05, 4.69) is 5.09 Å². The van der Waals surface area contributed by atoms with Crippen LogP contribution in [0.5, 0.6) is 5.75 Å². The number of aliphatic hydroxyl groups excluding tert-OH is 1. The second-order valence-electron chi connectivity index (χ2n) is 8.36. The van der Waals surface area contributed by atoms with Crippen molar-refractivity contribution < 1.29 is 37.4 Å². The first-order chi connectivity index (χ1) is 17.0. The van der Waals surface area contributed by atoms with Crippen LogP contribution in [0.4, 0.5) is 4.39 Å². The van der Waals surface area contributed by atoms with Crippen LogP contribution in [0.25, 0.3) is 0 Å². The maximum Gasteiger partial charge on any atom is 0.459 e. The number of carbonyl (C=O) groups excluding carboxylic acids is 1. The second-order valence-corrected chi connectivity index (χ2v) is 10.1. The van der Waals surface area contributed by atoms with Crippen LogP contribution in [0.1, 0.15) is 33.4 Å². The Bertz CT molecular complexity index is 1200. The standard InChI is InChI=1S/C22H29FN3O9P/c1-4-12-32-19(29)14(2)25-36(31,35-15-8-6-5-7-9-15)33-13-16-18(28)22(3,23)20(34-16)26-11-10-17(27)24-21(26)30/h5-11,14,16,18,20,28H,4,12-13H2,1-3H3,(H,25,31)(H,24,27,30)/t14?,16?,18-,20-,22-,36?/m1/s1. The number of aliphatic hydroxyl groups is 1. The van der Waals surface area contributed by atoms with Gasteiger partial charge in [-0.2, -0.15) is 5.09 Å². The largest absolute Gasteiger partial charge is 0.465 e. The van der Waals surface area contributed by atoms with Gasteiger partial charge in [-0.15, -0.1) is 0 Å². The van der Waals surface area contributed by atoms with E-state index >= 15 is 4.39 Å². The fourth-order valence-corrected chi connectivity index (χ4v) is 4.96. The highest BCUT2D eigenvalue weighted by atomic mass is 31.2. The van der Waals surface area contributed by atoms with Crippen LogP contribution in [-0.2, 0) is 23.4 Å². The number of H-pyrrole nitrogens is 1. The molecule has 14 heteroatoms. The summed E-state index contributed by atoms with van der Waals surface area (Å²) >= 11 is 0. The molecule has 6 atom stereocenters. The number of ether oxygens (including phenoxy) is 2. The van der Waals surface area contributed by atoms with Gasteiger partial charge in [0.25, 0.3) is 5.56 Å². The van der Waals surface area contributed by atoms with E-state index in [-0.39, 0.29) is 12.4 Å². The highest BCUT2D eigenvalue weighted by molar-refractivity contribution is 7.52. The van der Waals surface area contributed by atoms with E-state index < -0.39 is 61.7 Å². The molecule has 3 rings (SSSR count). The van der Waals surface area contributed by atoms with Crippen molar-refractivity contribution >= 4 is 13.7 Å². The van der Waals surface area contributed by atoms with Crippen LogP contribution < -0.4 is 20.9 Å². The molecule has 0 saturated carbocycles. The van der Waals surface area contributed by atoms with Crippen molar-refractivity contribution in [2.45, 2.75) is 57.3 Å². The zero-order valence-electron chi connectivity index (χ0n) is 20.0. The molecular formula is C22H29FN3O9P. The Morgan fingerprint density at radius 2 is 2.03 bits per heavy atom. The van der Waals surface area contributed by atoms with E-state index in [1.807, 2.05) is 11.9 Å². The van der Waals surface area contributed by atoms with Gasteiger partial charge in [0, 0.05) is 12.3 Å². The van der Waals surface area contributed by atoms with Gasteiger partial charge in [0.1, 0.15) is 24.0 Å². The molecule has 0 amide bonds. The number of alkyl halides is 1. The van der Waals surface area contributed by atoms with Gasteiger partial charge < -0.3 is 19.1 Å². The molecule has 3 unspecified atom stereocenters. The predicted molar refractivity (Wildman–Crippen MR) is 125 cm³/mol. The highest BCUT2D eigenvalue weighted by Gasteiger charge is 2.55. The van der Waals surface area contributed by atoms with Crippen LogP contribution in [0.3, 0.4) is 0 Å². The molecule has 36 heavy (non-hydrogen) atoms. The number of carbonyl (C=O) groups is 1. The summed E-state index contributed by atoms with van der Waals surface area (Å²) in [5.74, 6) is -0.535. The molecule has 1 fully saturated rings. The zero-order chi connectivity index (χ0) is 26.5. The van der Waals surface area contributed by atoms with Crippen LogP contribution in [-0.4, -0.2) is 57.8 Å². The third kappa shape index (κ3) is 6.48. The van der Waals surface area contributed by atoms with Crippen LogP contribution in [0.2, 0.25) is 0 Å². The molecule has 0 radical (unpaired) electrons. The van der Waals surface area contributed by atoms with E-state index in [1.165, 1.54) is 19.1 Å². The SMILES string of the molecule is CCCOC(=O)C(C)NP(=O)(OCC1O[C@@H](n2ccc(=O)[nH]c2=O)[C@](C)(F)[C@@H]1O)Oc1ccccc1. The summed E-state index contributed by atoms with van der Waals surface area (Å²) in [6, 6.07) is 7.89. The summed E-state index contributed by atoms with van der Waals surface area (Å²) in [4.78, 5) is 37.7. The lowest BCUT2D eigenvalue weighted by molar-refractivity contribution is -0.145. The lowest BCUT2D eigenvalue weighted by Gasteiger charge is -2.25. The van der Waals surface area contributed by atoms with E-state index in [0.29, 0.717) is 6.42 Å². The average molecular weight is 529 g/mol. The normalized spacial score (nSPS) is 26.2. The minimum absolute atomic E-state index is 0.156. The number of benzene rings is 1. The Morgan fingerprint density at radius 1 is 1.33 bits per heavy atom. The molecule has 1 aromatic heterocycles. The first-order valence-corrected chi connectivity index (χ1v) is 12.8. The number of halogens is 1. The maximum atomic E-state index is 15.4. The Hall–Kier alpha value is -2.83. The van der Waals surface area contributed by atoms with Gasteiger partial charge in [0.2, 0.25) is 0 Å². The van der Waals surface area contributed by atoms with Gasteiger partial charge in [-0.05, 0) is 32.4 Å². The van der Waals surface area contributed by atoms with E-state index in [9.17, 15) is 24.1 Å². The lowest BCUT2D eigenvalue weighted by atomic mass is 9.98. The van der Waals surface area contributed by atoms with Crippen LogP contribution in [0.15, 0.2) is 52.2 Å². The van der Waals surface area contributed by atoms with E-state index in [4.69, 9.17) is 18.5 Å². The van der Waals surface area contributed by atoms with Gasteiger partial charge in [0.05, 0.1) is 13.2 Å².